The van der Waals surface area contributed by atoms with E-state index in [0.717, 1.165) is 19.4 Å². The monoisotopic (exact) mass is 315 g/mol. The second-order valence-corrected chi connectivity index (χ2v) is 5.87. The summed E-state index contributed by atoms with van der Waals surface area (Å²) in [7, 11) is 0. The predicted molar refractivity (Wildman–Crippen MR) is 83.4 cm³/mol. The highest BCUT2D eigenvalue weighted by Gasteiger charge is 2.23. The van der Waals surface area contributed by atoms with Gasteiger partial charge in [-0.15, -0.1) is 0 Å². The van der Waals surface area contributed by atoms with Gasteiger partial charge in [0.05, 0.1) is 17.3 Å². The molecule has 1 aromatic carbocycles. The summed E-state index contributed by atoms with van der Waals surface area (Å²) in [4.78, 5) is 14.2. The molecule has 110 valence electrons. The number of benzene rings is 1. The highest BCUT2D eigenvalue weighted by atomic mass is 35.5. The molecule has 1 atom stereocenters. The normalized spacial score (nSPS) is 19.9. The minimum absolute atomic E-state index is 0.0884. The first-order valence-electron chi connectivity index (χ1n) is 6.79. The van der Waals surface area contributed by atoms with E-state index in [4.69, 9.17) is 28.9 Å². The molecule has 1 heterocycles. The van der Waals surface area contributed by atoms with Crippen LogP contribution in [0.2, 0.25) is 10.0 Å². The summed E-state index contributed by atoms with van der Waals surface area (Å²) >= 11 is 11.9. The smallest absolute Gasteiger partial charge is 0.238 e. The molecular formula is C14H19Cl2N3O. The van der Waals surface area contributed by atoms with Gasteiger partial charge in [0.2, 0.25) is 5.91 Å². The average Bonchev–Trinajstić information content (AvgIpc) is 2.43. The molecule has 0 radical (unpaired) electrons. The minimum atomic E-state index is -0.0884. The van der Waals surface area contributed by atoms with Crippen LogP contribution in [0.3, 0.4) is 0 Å². The zero-order valence-corrected chi connectivity index (χ0v) is 12.8. The van der Waals surface area contributed by atoms with Crippen molar-refractivity contribution >= 4 is 34.8 Å². The van der Waals surface area contributed by atoms with Gasteiger partial charge in [-0.25, -0.2) is 0 Å². The first-order valence-corrected chi connectivity index (χ1v) is 7.55. The maximum Gasteiger partial charge on any atom is 0.238 e. The van der Waals surface area contributed by atoms with Crippen LogP contribution in [0.4, 0.5) is 5.69 Å². The molecule has 1 aliphatic heterocycles. The topological polar surface area (TPSA) is 58.4 Å². The van der Waals surface area contributed by atoms with Gasteiger partial charge >= 0.3 is 0 Å². The highest BCUT2D eigenvalue weighted by molar-refractivity contribution is 6.35. The largest absolute Gasteiger partial charge is 0.329 e. The van der Waals surface area contributed by atoms with E-state index in [-0.39, 0.29) is 5.91 Å². The molecule has 1 amide bonds. The first kappa shape index (κ1) is 15.6. The number of hydrogen-bond donors (Lipinski definition) is 2. The molecule has 3 N–H and O–H groups in total. The summed E-state index contributed by atoms with van der Waals surface area (Å²) in [5.74, 6) is -0.0884. The van der Waals surface area contributed by atoms with Crippen molar-refractivity contribution in [1.29, 1.82) is 0 Å². The zero-order chi connectivity index (χ0) is 14.5. The lowest BCUT2D eigenvalue weighted by atomic mass is 10.0. The molecule has 1 unspecified atom stereocenters. The van der Waals surface area contributed by atoms with Crippen molar-refractivity contribution in [3.05, 3.63) is 28.2 Å². The van der Waals surface area contributed by atoms with Gasteiger partial charge in [0, 0.05) is 17.6 Å². The quantitative estimate of drug-likeness (QED) is 0.898. The average molecular weight is 316 g/mol. The second kappa shape index (κ2) is 7.27. The van der Waals surface area contributed by atoms with Gasteiger partial charge < -0.3 is 11.1 Å². The van der Waals surface area contributed by atoms with E-state index in [9.17, 15) is 4.79 Å². The summed E-state index contributed by atoms with van der Waals surface area (Å²) in [6, 6.07) is 5.31. The van der Waals surface area contributed by atoms with Crippen molar-refractivity contribution < 1.29 is 4.79 Å². The van der Waals surface area contributed by atoms with Crippen LogP contribution in [-0.2, 0) is 4.79 Å². The van der Waals surface area contributed by atoms with Gasteiger partial charge in [-0.1, -0.05) is 29.6 Å². The van der Waals surface area contributed by atoms with Gasteiger partial charge in [-0.3, -0.25) is 9.69 Å². The fourth-order valence-corrected chi connectivity index (χ4v) is 2.84. The summed E-state index contributed by atoms with van der Waals surface area (Å²) in [5, 5.41) is 3.83. The molecule has 4 nitrogen and oxygen atoms in total. The van der Waals surface area contributed by atoms with Crippen LogP contribution in [-0.4, -0.2) is 36.5 Å². The molecule has 20 heavy (non-hydrogen) atoms. The third-order valence-corrected chi connectivity index (χ3v) is 4.14. The lowest BCUT2D eigenvalue weighted by Crippen LogP contribution is -2.47. The molecule has 1 saturated heterocycles. The van der Waals surface area contributed by atoms with Crippen LogP contribution in [0.1, 0.15) is 19.3 Å². The maximum atomic E-state index is 12.1. The molecule has 2 rings (SSSR count). The van der Waals surface area contributed by atoms with Crippen LogP contribution < -0.4 is 11.1 Å². The van der Waals surface area contributed by atoms with Gasteiger partial charge in [0.1, 0.15) is 0 Å². The molecular weight excluding hydrogens is 297 g/mol. The Kier molecular flexibility index (Phi) is 5.66. The maximum absolute atomic E-state index is 12.1. The number of carbonyl (C=O) groups is 1. The summed E-state index contributed by atoms with van der Waals surface area (Å²) in [6.45, 7) is 1.84. The molecule has 0 spiro atoms. The van der Waals surface area contributed by atoms with E-state index in [1.54, 1.807) is 18.2 Å². The lowest BCUT2D eigenvalue weighted by Gasteiger charge is -2.34. The third kappa shape index (κ3) is 4.09. The van der Waals surface area contributed by atoms with Crippen LogP contribution in [0, 0.1) is 0 Å². The summed E-state index contributed by atoms with van der Waals surface area (Å²) in [6.07, 6.45) is 3.35. The SMILES string of the molecule is NCC1CCCCN1CC(=O)Nc1cc(Cl)ccc1Cl. The summed E-state index contributed by atoms with van der Waals surface area (Å²) in [5.41, 5.74) is 6.30. The number of carbonyl (C=O) groups excluding carboxylic acids is 1. The Morgan fingerprint density at radius 3 is 2.95 bits per heavy atom. The fourth-order valence-electron chi connectivity index (χ4n) is 2.50. The molecule has 0 saturated carbocycles. The van der Waals surface area contributed by atoms with Crippen molar-refractivity contribution in [3.63, 3.8) is 0 Å². The summed E-state index contributed by atoms with van der Waals surface area (Å²) < 4.78 is 0. The first-order chi connectivity index (χ1) is 9.60. The van der Waals surface area contributed by atoms with Gasteiger partial charge in [0.25, 0.3) is 0 Å². The number of nitrogens with two attached hydrogens (primary N) is 1. The number of likely N-dealkylation sites (tertiary alicyclic amines) is 1. The second-order valence-electron chi connectivity index (χ2n) is 5.03. The van der Waals surface area contributed by atoms with Crippen molar-refractivity contribution in [3.8, 4) is 0 Å². The Morgan fingerprint density at radius 1 is 1.40 bits per heavy atom. The van der Waals surface area contributed by atoms with Crippen LogP contribution >= 0.6 is 23.2 Å². The van der Waals surface area contributed by atoms with Crippen molar-refractivity contribution in [2.24, 2.45) is 5.73 Å². The molecule has 1 aromatic rings. The standard InChI is InChI=1S/C14H19Cl2N3O/c15-10-4-5-12(16)13(7-10)18-14(20)9-19-6-2-1-3-11(19)8-17/h4-5,7,11H,1-3,6,8-9,17H2,(H,18,20). The lowest BCUT2D eigenvalue weighted by molar-refractivity contribution is -0.118. The van der Waals surface area contributed by atoms with Crippen LogP contribution in [0.5, 0.6) is 0 Å². The molecule has 0 bridgehead atoms. The number of anilines is 1. The number of amides is 1. The Bertz CT molecular complexity index is 481. The Balaban J connectivity index is 1.96. The molecule has 0 aliphatic carbocycles. The van der Waals surface area contributed by atoms with Crippen LogP contribution in [0.25, 0.3) is 0 Å². The number of nitrogens with zero attached hydrogens (tertiary/aromatic N) is 1. The minimum Gasteiger partial charge on any atom is -0.329 e. The van der Waals surface area contributed by atoms with E-state index in [0.29, 0.717) is 34.9 Å². The van der Waals surface area contributed by atoms with Crippen LogP contribution in [0.15, 0.2) is 18.2 Å². The fraction of sp³-hybridized carbons (Fsp3) is 0.500. The molecule has 1 fully saturated rings. The van der Waals surface area contributed by atoms with E-state index in [2.05, 4.69) is 10.2 Å². The highest BCUT2D eigenvalue weighted by Crippen LogP contribution is 2.25. The number of nitrogens with one attached hydrogen (secondary N) is 1. The van der Waals surface area contributed by atoms with E-state index in [1.165, 1.54) is 6.42 Å². The Hall–Kier alpha value is -0.810. The van der Waals surface area contributed by atoms with Gasteiger partial charge in [-0.2, -0.15) is 0 Å². The van der Waals surface area contributed by atoms with E-state index < -0.39 is 0 Å². The molecule has 1 aliphatic rings. The zero-order valence-electron chi connectivity index (χ0n) is 11.2. The third-order valence-electron chi connectivity index (χ3n) is 3.57. The van der Waals surface area contributed by atoms with Crippen molar-refractivity contribution in [1.82, 2.24) is 4.90 Å². The van der Waals surface area contributed by atoms with Crippen molar-refractivity contribution in [2.75, 3.05) is 25.0 Å². The number of piperidine rings is 1. The number of hydrogen-bond acceptors (Lipinski definition) is 3. The molecule has 0 aromatic heterocycles. The van der Waals surface area contributed by atoms with Gasteiger partial charge in [-0.05, 0) is 37.6 Å². The van der Waals surface area contributed by atoms with E-state index >= 15 is 0 Å². The number of halogens is 2. The van der Waals surface area contributed by atoms with Crippen molar-refractivity contribution in [2.45, 2.75) is 25.3 Å². The van der Waals surface area contributed by atoms with E-state index in [1.807, 2.05) is 0 Å². The Morgan fingerprint density at radius 2 is 2.20 bits per heavy atom. The Labute approximate surface area is 129 Å². The molecule has 6 heteroatoms. The number of rotatable bonds is 4. The predicted octanol–water partition coefficient (Wildman–Crippen LogP) is 2.75. The van der Waals surface area contributed by atoms with Gasteiger partial charge in [0.15, 0.2) is 0 Å².